The molecule has 0 aromatic carbocycles. The zero-order valence-corrected chi connectivity index (χ0v) is 12.8. The Morgan fingerprint density at radius 1 is 1.38 bits per heavy atom. The van der Waals surface area contributed by atoms with Gasteiger partial charge in [-0.05, 0) is 25.5 Å². The van der Waals surface area contributed by atoms with Gasteiger partial charge in [0.2, 0.25) is 0 Å². The van der Waals surface area contributed by atoms with Crippen LogP contribution in [0.4, 0.5) is 13.2 Å². The van der Waals surface area contributed by atoms with Crippen LogP contribution in [0.1, 0.15) is 31.7 Å². The van der Waals surface area contributed by atoms with Crippen LogP contribution in [0.15, 0.2) is 6.07 Å². The normalized spacial score (nSPS) is 13.6. The highest BCUT2D eigenvalue weighted by atomic mass is 19.4. The Hall–Kier alpha value is -1.08. The van der Waals surface area contributed by atoms with Gasteiger partial charge in [-0.1, -0.05) is 13.8 Å². The molecule has 0 fully saturated rings. The highest BCUT2D eigenvalue weighted by Gasteiger charge is 2.27. The highest BCUT2D eigenvalue weighted by molar-refractivity contribution is 5.11. The minimum atomic E-state index is -4.26. The minimum absolute atomic E-state index is 0.0864. The number of likely N-dealkylation sites (N-methyl/N-ethyl adjacent to an activating group) is 1. The Kier molecular flexibility index (Phi) is 7.17. The first-order valence-corrected chi connectivity index (χ1v) is 7.25. The monoisotopic (exact) mass is 307 g/mol. The number of hydrogen-bond donors (Lipinski definition) is 1. The van der Waals surface area contributed by atoms with Crippen molar-refractivity contribution in [3.63, 3.8) is 0 Å². The first-order chi connectivity index (χ1) is 9.85. The van der Waals surface area contributed by atoms with Crippen LogP contribution >= 0.6 is 0 Å². The van der Waals surface area contributed by atoms with Gasteiger partial charge in [-0.25, -0.2) is 0 Å². The van der Waals surface area contributed by atoms with Gasteiger partial charge in [0.05, 0.1) is 5.69 Å². The summed E-state index contributed by atoms with van der Waals surface area (Å²) in [6.45, 7) is 3.69. The average molecular weight is 307 g/mol. The summed E-state index contributed by atoms with van der Waals surface area (Å²) in [5, 5.41) is 7.66. The van der Waals surface area contributed by atoms with Crippen molar-refractivity contribution in [2.45, 2.75) is 45.3 Å². The fourth-order valence-corrected chi connectivity index (χ4v) is 2.17. The van der Waals surface area contributed by atoms with Crippen LogP contribution in [-0.4, -0.2) is 41.8 Å². The maximum absolute atomic E-state index is 12.0. The molecule has 122 valence electrons. The molecule has 1 heterocycles. The summed E-state index contributed by atoms with van der Waals surface area (Å²) < 4.78 is 42.6. The topological polar surface area (TPSA) is 39.1 Å². The van der Waals surface area contributed by atoms with Gasteiger partial charge in [0.1, 0.15) is 6.61 Å². The molecule has 0 radical (unpaired) electrons. The van der Waals surface area contributed by atoms with Crippen molar-refractivity contribution in [3.8, 4) is 0 Å². The van der Waals surface area contributed by atoms with Crippen LogP contribution in [0.25, 0.3) is 0 Å². The Balaban J connectivity index is 2.47. The Morgan fingerprint density at radius 3 is 2.62 bits per heavy atom. The molecule has 1 N–H and O–H groups in total. The molecule has 0 amide bonds. The predicted molar refractivity (Wildman–Crippen MR) is 75.2 cm³/mol. The van der Waals surface area contributed by atoms with E-state index in [1.807, 2.05) is 31.6 Å². The van der Waals surface area contributed by atoms with Gasteiger partial charge in [-0.2, -0.15) is 18.3 Å². The zero-order chi connectivity index (χ0) is 15.9. The fourth-order valence-electron chi connectivity index (χ4n) is 2.17. The van der Waals surface area contributed by atoms with Crippen LogP contribution in [-0.2, 0) is 24.6 Å². The van der Waals surface area contributed by atoms with E-state index < -0.39 is 12.8 Å². The molecule has 0 saturated carbocycles. The Morgan fingerprint density at radius 2 is 2.10 bits per heavy atom. The van der Waals surface area contributed by atoms with Crippen LogP contribution in [0.5, 0.6) is 0 Å². The van der Waals surface area contributed by atoms with Crippen LogP contribution in [0.2, 0.25) is 0 Å². The Labute approximate surface area is 123 Å². The van der Waals surface area contributed by atoms with E-state index in [1.165, 1.54) is 0 Å². The third-order valence-electron chi connectivity index (χ3n) is 3.21. The predicted octanol–water partition coefficient (Wildman–Crippen LogP) is 2.47. The van der Waals surface area contributed by atoms with E-state index in [0.717, 1.165) is 30.8 Å². The van der Waals surface area contributed by atoms with E-state index in [9.17, 15) is 13.2 Å². The third-order valence-corrected chi connectivity index (χ3v) is 3.21. The maximum atomic E-state index is 12.0. The van der Waals surface area contributed by atoms with E-state index in [0.29, 0.717) is 6.42 Å². The van der Waals surface area contributed by atoms with Gasteiger partial charge in [0, 0.05) is 31.8 Å². The summed E-state index contributed by atoms with van der Waals surface area (Å²) >= 11 is 0. The van der Waals surface area contributed by atoms with Gasteiger partial charge in [-0.15, -0.1) is 0 Å². The molecule has 21 heavy (non-hydrogen) atoms. The van der Waals surface area contributed by atoms with Crippen molar-refractivity contribution >= 4 is 0 Å². The lowest BCUT2D eigenvalue weighted by Gasteiger charge is -2.18. The average Bonchev–Trinajstić information content (AvgIpc) is 2.74. The molecule has 0 aliphatic carbocycles. The molecule has 7 heteroatoms. The summed E-state index contributed by atoms with van der Waals surface area (Å²) in [6, 6.07) is 2.13. The molecule has 0 aliphatic heterocycles. The number of aryl methyl sites for hydroxylation is 2. The number of nitrogens with one attached hydrogen (secondary N) is 1. The van der Waals surface area contributed by atoms with E-state index in [4.69, 9.17) is 0 Å². The van der Waals surface area contributed by atoms with Crippen molar-refractivity contribution in [3.05, 3.63) is 17.5 Å². The largest absolute Gasteiger partial charge is 0.411 e. The van der Waals surface area contributed by atoms with Crippen molar-refractivity contribution in [2.24, 2.45) is 7.05 Å². The summed E-state index contributed by atoms with van der Waals surface area (Å²) in [5.74, 6) is 0. The first kappa shape index (κ1) is 18.0. The van der Waals surface area contributed by atoms with Crippen LogP contribution < -0.4 is 5.32 Å². The van der Waals surface area contributed by atoms with E-state index in [1.54, 1.807) is 0 Å². The summed E-state index contributed by atoms with van der Waals surface area (Å²) in [7, 11) is 1.89. The highest BCUT2D eigenvalue weighted by Crippen LogP contribution is 2.15. The second-order valence-corrected chi connectivity index (χ2v) is 5.02. The molecule has 4 nitrogen and oxygen atoms in total. The van der Waals surface area contributed by atoms with E-state index >= 15 is 0 Å². The second-order valence-electron chi connectivity index (χ2n) is 5.02. The second kappa shape index (κ2) is 8.38. The maximum Gasteiger partial charge on any atom is 0.411 e. The lowest BCUT2D eigenvalue weighted by Crippen LogP contribution is -2.33. The molecular formula is C14H24F3N3O. The molecule has 1 unspecified atom stereocenters. The lowest BCUT2D eigenvalue weighted by molar-refractivity contribution is -0.174. The summed E-state index contributed by atoms with van der Waals surface area (Å²) in [5.41, 5.74) is 2.10. The molecule has 1 rings (SSSR count). The lowest BCUT2D eigenvalue weighted by atomic mass is 10.1. The van der Waals surface area contributed by atoms with Gasteiger partial charge in [0.15, 0.2) is 0 Å². The van der Waals surface area contributed by atoms with Gasteiger partial charge in [-0.3, -0.25) is 4.68 Å². The SMILES string of the molecule is CCNC(CCOCC(F)(F)F)Cc1cc(CC)nn1C. The first-order valence-electron chi connectivity index (χ1n) is 7.25. The number of nitrogens with zero attached hydrogens (tertiary/aromatic N) is 2. The quantitative estimate of drug-likeness (QED) is 0.712. The number of aromatic nitrogens is 2. The molecule has 1 aromatic rings. The standard InChI is InChI=1S/C14H24F3N3O/c1-4-11-8-13(20(3)19-11)9-12(18-5-2)6-7-21-10-14(15,16)17/h8,12,18H,4-7,9-10H2,1-3H3. The van der Waals surface area contributed by atoms with Crippen molar-refractivity contribution in [1.29, 1.82) is 0 Å². The van der Waals surface area contributed by atoms with Gasteiger partial charge in [0.25, 0.3) is 0 Å². The molecule has 0 bridgehead atoms. The van der Waals surface area contributed by atoms with Crippen LogP contribution in [0, 0.1) is 0 Å². The number of halogens is 3. The minimum Gasteiger partial charge on any atom is -0.372 e. The Bertz CT molecular complexity index is 418. The molecule has 0 aliphatic rings. The fraction of sp³-hybridized carbons (Fsp3) is 0.786. The van der Waals surface area contributed by atoms with Crippen molar-refractivity contribution in [2.75, 3.05) is 19.8 Å². The zero-order valence-electron chi connectivity index (χ0n) is 12.8. The number of ether oxygens (including phenoxy) is 1. The van der Waals surface area contributed by atoms with E-state index in [2.05, 4.69) is 15.2 Å². The number of rotatable bonds is 9. The smallest absolute Gasteiger partial charge is 0.372 e. The summed E-state index contributed by atoms with van der Waals surface area (Å²) in [6.07, 6.45) is -2.12. The third kappa shape index (κ3) is 6.95. The van der Waals surface area contributed by atoms with Crippen LogP contribution in [0.3, 0.4) is 0 Å². The van der Waals surface area contributed by atoms with Crippen molar-refractivity contribution in [1.82, 2.24) is 15.1 Å². The van der Waals surface area contributed by atoms with Gasteiger partial charge < -0.3 is 10.1 Å². The van der Waals surface area contributed by atoms with Gasteiger partial charge >= 0.3 is 6.18 Å². The molecule has 1 atom stereocenters. The molecule has 0 spiro atoms. The summed E-state index contributed by atoms with van der Waals surface area (Å²) in [4.78, 5) is 0. The number of alkyl halides is 3. The van der Waals surface area contributed by atoms with Crippen molar-refractivity contribution < 1.29 is 17.9 Å². The molecule has 1 aromatic heterocycles. The molecular weight excluding hydrogens is 283 g/mol. The molecule has 0 saturated heterocycles. The van der Waals surface area contributed by atoms with E-state index in [-0.39, 0.29) is 12.6 Å². The number of hydrogen-bond acceptors (Lipinski definition) is 3.